The minimum absolute atomic E-state index is 0.0861. The molecule has 9 nitrogen and oxygen atoms in total. The number of nitro groups is 1. The highest BCUT2D eigenvalue weighted by molar-refractivity contribution is 9.10. The van der Waals surface area contributed by atoms with E-state index in [-0.39, 0.29) is 23.4 Å². The Balaban J connectivity index is 1.56. The lowest BCUT2D eigenvalue weighted by Crippen LogP contribution is -2.31. The van der Waals surface area contributed by atoms with Crippen LogP contribution in [0.15, 0.2) is 83.0 Å². The Kier molecular flexibility index (Phi) is 6.73. The second-order valence-electron chi connectivity index (χ2n) is 8.83. The number of benzene rings is 3. The van der Waals surface area contributed by atoms with Crippen LogP contribution in [-0.2, 0) is 16.0 Å². The third-order valence-corrected chi connectivity index (χ3v) is 7.18. The quantitative estimate of drug-likeness (QED) is 0.0983. The zero-order valence-corrected chi connectivity index (χ0v) is 21.8. The van der Waals surface area contributed by atoms with Gasteiger partial charge >= 0.3 is 0 Å². The number of nitro benzene ring substituents is 1. The Morgan fingerprint density at radius 3 is 2.61 bits per heavy atom. The molecule has 1 unspecified atom stereocenters. The molecule has 0 saturated carbocycles. The van der Waals surface area contributed by atoms with Crippen molar-refractivity contribution >= 4 is 50.0 Å². The number of likely N-dealkylation sites (tertiary alicyclic amines) is 1. The second-order valence-corrected chi connectivity index (χ2v) is 9.74. The fourth-order valence-electron chi connectivity index (χ4n) is 4.76. The molecular weight excluding hydrogens is 554 g/mol. The summed E-state index contributed by atoms with van der Waals surface area (Å²) in [6.07, 6.45) is 2.29. The number of H-pyrrole nitrogens is 1. The van der Waals surface area contributed by atoms with Crippen molar-refractivity contribution < 1.29 is 24.4 Å². The number of ether oxygens (including phenoxy) is 1. The Morgan fingerprint density at radius 2 is 1.89 bits per heavy atom. The molecule has 1 aliphatic heterocycles. The number of halogens is 1. The van der Waals surface area contributed by atoms with Gasteiger partial charge in [0.25, 0.3) is 17.4 Å². The summed E-state index contributed by atoms with van der Waals surface area (Å²) < 4.78 is 6.15. The molecule has 2 N–H and O–H groups in total. The summed E-state index contributed by atoms with van der Waals surface area (Å²) in [6, 6.07) is 17.3. The lowest BCUT2D eigenvalue weighted by molar-refractivity contribution is -0.384. The number of aromatic amines is 1. The van der Waals surface area contributed by atoms with Gasteiger partial charge in [0, 0.05) is 45.8 Å². The summed E-state index contributed by atoms with van der Waals surface area (Å²) in [7, 11) is 1.59. The SMILES string of the molecule is COc1ccc2[nH]cc(CCN3C(=O)C(=O)/C(=C(\O)c4cccc([N+](=O)[O-])c4)C3c3ccc(Br)cc3)c2c1. The minimum atomic E-state index is -0.873. The van der Waals surface area contributed by atoms with Crippen LogP contribution in [0.2, 0.25) is 0 Å². The number of rotatable bonds is 7. The normalized spacial score (nSPS) is 16.8. The molecule has 1 aliphatic rings. The molecule has 0 radical (unpaired) electrons. The molecule has 0 spiro atoms. The van der Waals surface area contributed by atoms with Gasteiger partial charge in [0.15, 0.2) is 0 Å². The van der Waals surface area contributed by atoms with Gasteiger partial charge in [-0.05, 0) is 47.9 Å². The topological polar surface area (TPSA) is 126 Å². The maximum atomic E-state index is 13.3. The van der Waals surface area contributed by atoms with Gasteiger partial charge in [-0.1, -0.05) is 40.2 Å². The summed E-state index contributed by atoms with van der Waals surface area (Å²) in [4.78, 5) is 41.9. The molecule has 1 aromatic heterocycles. The lowest BCUT2D eigenvalue weighted by Gasteiger charge is -2.25. The van der Waals surface area contributed by atoms with Crippen molar-refractivity contribution in [2.45, 2.75) is 12.5 Å². The molecule has 1 fully saturated rings. The predicted octanol–water partition coefficient (Wildman–Crippen LogP) is 5.51. The number of non-ortho nitro benzene ring substituents is 1. The van der Waals surface area contributed by atoms with Gasteiger partial charge in [0.1, 0.15) is 11.5 Å². The average Bonchev–Trinajstić information content (AvgIpc) is 3.44. The summed E-state index contributed by atoms with van der Waals surface area (Å²) in [5.41, 5.74) is 2.21. The third kappa shape index (κ3) is 4.54. The number of carbonyl (C=O) groups is 2. The first kappa shape index (κ1) is 25.2. The van der Waals surface area contributed by atoms with Crippen molar-refractivity contribution in [2.24, 2.45) is 0 Å². The van der Waals surface area contributed by atoms with Gasteiger partial charge in [-0.3, -0.25) is 19.7 Å². The highest BCUT2D eigenvalue weighted by Crippen LogP contribution is 2.40. The fraction of sp³-hybridized carbons (Fsp3) is 0.143. The summed E-state index contributed by atoms with van der Waals surface area (Å²) >= 11 is 3.40. The van der Waals surface area contributed by atoms with E-state index in [9.17, 15) is 24.8 Å². The first-order valence-electron chi connectivity index (χ1n) is 11.7. The molecule has 38 heavy (non-hydrogen) atoms. The van der Waals surface area contributed by atoms with Crippen LogP contribution in [0.3, 0.4) is 0 Å². The second kappa shape index (κ2) is 10.1. The Labute approximate surface area is 225 Å². The molecule has 1 amide bonds. The highest BCUT2D eigenvalue weighted by Gasteiger charge is 2.46. The van der Waals surface area contributed by atoms with E-state index in [1.54, 1.807) is 31.4 Å². The molecular formula is C28H22BrN3O6. The van der Waals surface area contributed by atoms with Gasteiger partial charge in [0.05, 0.1) is 23.6 Å². The molecule has 4 aromatic rings. The predicted molar refractivity (Wildman–Crippen MR) is 145 cm³/mol. The smallest absolute Gasteiger partial charge is 0.295 e. The monoisotopic (exact) mass is 575 g/mol. The van der Waals surface area contributed by atoms with Crippen molar-refractivity contribution in [2.75, 3.05) is 13.7 Å². The number of ketones is 1. The third-order valence-electron chi connectivity index (χ3n) is 6.65. The molecule has 5 rings (SSSR count). The molecule has 2 heterocycles. The van der Waals surface area contributed by atoms with Crippen molar-refractivity contribution in [3.05, 3.63) is 110 Å². The minimum Gasteiger partial charge on any atom is -0.507 e. The number of fused-ring (bicyclic) bond motifs is 1. The molecule has 3 aromatic carbocycles. The maximum Gasteiger partial charge on any atom is 0.295 e. The van der Waals surface area contributed by atoms with Crippen molar-refractivity contribution in [3.63, 3.8) is 0 Å². The number of hydrogen-bond acceptors (Lipinski definition) is 6. The maximum absolute atomic E-state index is 13.3. The number of aliphatic hydroxyl groups is 1. The number of nitrogens with one attached hydrogen (secondary N) is 1. The van der Waals surface area contributed by atoms with Crippen LogP contribution >= 0.6 is 15.9 Å². The zero-order chi connectivity index (χ0) is 27.0. The van der Waals surface area contributed by atoms with Crippen molar-refractivity contribution in [3.8, 4) is 5.75 Å². The van der Waals surface area contributed by atoms with Gasteiger partial charge in [-0.2, -0.15) is 0 Å². The molecule has 1 atom stereocenters. The van der Waals surface area contributed by atoms with Gasteiger partial charge < -0.3 is 19.7 Å². The largest absolute Gasteiger partial charge is 0.507 e. The van der Waals surface area contributed by atoms with E-state index in [0.717, 1.165) is 20.9 Å². The first-order valence-corrected chi connectivity index (χ1v) is 12.5. The lowest BCUT2D eigenvalue weighted by atomic mass is 9.95. The number of Topliss-reactive ketones (excluding diaryl/α,β-unsaturated/α-hetero) is 1. The van der Waals surface area contributed by atoms with E-state index < -0.39 is 28.4 Å². The van der Waals surface area contributed by atoms with E-state index >= 15 is 0 Å². The number of amides is 1. The Morgan fingerprint density at radius 1 is 1.13 bits per heavy atom. The van der Waals surface area contributed by atoms with E-state index in [2.05, 4.69) is 20.9 Å². The number of aromatic nitrogens is 1. The number of aliphatic hydroxyl groups excluding tert-OH is 1. The van der Waals surface area contributed by atoms with Gasteiger partial charge in [-0.15, -0.1) is 0 Å². The zero-order valence-electron chi connectivity index (χ0n) is 20.2. The molecule has 0 bridgehead atoms. The van der Waals surface area contributed by atoms with E-state index in [1.807, 2.05) is 24.4 Å². The van der Waals surface area contributed by atoms with Gasteiger partial charge in [0.2, 0.25) is 0 Å². The van der Waals surface area contributed by atoms with Crippen LogP contribution < -0.4 is 4.74 Å². The van der Waals surface area contributed by atoms with Crippen LogP contribution in [0, 0.1) is 10.1 Å². The Hall–Kier alpha value is -4.44. The Bertz CT molecular complexity index is 1610. The van der Waals surface area contributed by atoms with Crippen molar-refractivity contribution in [1.29, 1.82) is 0 Å². The molecule has 192 valence electrons. The van der Waals surface area contributed by atoms with Crippen LogP contribution in [0.25, 0.3) is 16.7 Å². The average molecular weight is 576 g/mol. The summed E-state index contributed by atoms with van der Waals surface area (Å²) in [5, 5.41) is 23.4. The molecule has 10 heteroatoms. The van der Waals surface area contributed by atoms with Gasteiger partial charge in [-0.25, -0.2) is 0 Å². The molecule has 1 saturated heterocycles. The standard InChI is InChI=1S/C28H22BrN3O6/c1-38-21-9-10-23-22(14-21)18(15-30-23)11-12-31-25(16-5-7-19(29)8-6-16)24(27(34)28(31)35)26(33)17-3-2-4-20(13-17)32(36)37/h2-10,13-15,25,30,33H,11-12H2,1H3/b26-24-. The summed E-state index contributed by atoms with van der Waals surface area (Å²) in [6.45, 7) is 0.196. The summed E-state index contributed by atoms with van der Waals surface area (Å²) in [5.74, 6) is -1.35. The number of hydrogen-bond donors (Lipinski definition) is 2. The van der Waals surface area contributed by atoms with E-state index in [1.165, 1.54) is 29.2 Å². The fourth-order valence-corrected chi connectivity index (χ4v) is 5.02. The van der Waals surface area contributed by atoms with Crippen molar-refractivity contribution in [1.82, 2.24) is 9.88 Å². The number of methoxy groups -OCH3 is 1. The molecule has 0 aliphatic carbocycles. The van der Waals surface area contributed by atoms with E-state index in [0.29, 0.717) is 17.7 Å². The number of carbonyl (C=O) groups excluding carboxylic acids is 2. The van der Waals surface area contributed by atoms with Crippen LogP contribution in [0.5, 0.6) is 5.75 Å². The van der Waals surface area contributed by atoms with Crippen LogP contribution in [0.4, 0.5) is 5.69 Å². The van der Waals surface area contributed by atoms with Crippen LogP contribution in [0.1, 0.15) is 22.7 Å². The first-order chi connectivity index (χ1) is 18.3. The van der Waals surface area contributed by atoms with E-state index in [4.69, 9.17) is 4.74 Å². The highest BCUT2D eigenvalue weighted by atomic mass is 79.9. The number of nitrogens with zero attached hydrogens (tertiary/aromatic N) is 2. The van der Waals surface area contributed by atoms with Crippen LogP contribution in [-0.4, -0.2) is 45.3 Å².